The zero-order chi connectivity index (χ0) is 72.2. The van der Waals surface area contributed by atoms with Gasteiger partial charge in [0.25, 0.3) is 0 Å². The van der Waals surface area contributed by atoms with Gasteiger partial charge < -0.3 is 44.2 Å². The number of nitrogens with zero attached hydrogens (tertiary/aromatic N) is 6. The van der Waals surface area contributed by atoms with Crippen molar-refractivity contribution < 1.29 is 57.6 Å². The van der Waals surface area contributed by atoms with Crippen LogP contribution in [0.1, 0.15) is 135 Å². The molecule has 0 fully saturated rings. The van der Waals surface area contributed by atoms with Gasteiger partial charge in [-0.05, 0) is 106 Å². The van der Waals surface area contributed by atoms with E-state index in [0.717, 1.165) is 151 Å². The average Bonchev–Trinajstić information content (AvgIpc) is 0.759. The van der Waals surface area contributed by atoms with Crippen molar-refractivity contribution in [2.75, 3.05) is 115 Å². The summed E-state index contributed by atoms with van der Waals surface area (Å²) in [6.07, 6.45) is 37.3. The number of benzene rings is 4. The first-order valence-electron chi connectivity index (χ1n) is 37.2. The third-order valence-corrected chi connectivity index (χ3v) is 19.7. The number of carbonyl (C=O) groups excluding carboxylic acids is 3. The molecule has 0 unspecified atom stereocenters. The summed E-state index contributed by atoms with van der Waals surface area (Å²) in [7, 11) is 5.88. The van der Waals surface area contributed by atoms with E-state index >= 15 is 0 Å². The fourth-order valence-electron chi connectivity index (χ4n) is 13.3. The Morgan fingerprint density at radius 3 is 0.775 bits per heavy atom. The second-order valence-electron chi connectivity index (χ2n) is 27.1. The summed E-state index contributed by atoms with van der Waals surface area (Å²) < 4.78 is 26.7. The first-order valence-corrected chi connectivity index (χ1v) is 37.2. The van der Waals surface area contributed by atoms with Crippen molar-refractivity contribution in [1.29, 1.82) is 0 Å². The summed E-state index contributed by atoms with van der Waals surface area (Å²) in [6.45, 7) is 21.4. The van der Waals surface area contributed by atoms with Crippen molar-refractivity contribution in [3.63, 3.8) is 0 Å². The van der Waals surface area contributed by atoms with Gasteiger partial charge >= 0.3 is 0 Å². The number of hydrogen-bond donors (Lipinski definition) is 3. The largest absolute Gasteiger partial charge is 0.506 e. The van der Waals surface area contributed by atoms with E-state index in [2.05, 4.69) is 91.7 Å². The van der Waals surface area contributed by atoms with Gasteiger partial charge in [0.1, 0.15) is 93.6 Å². The summed E-state index contributed by atoms with van der Waals surface area (Å²) >= 11 is 0. The molecule has 0 bridgehead atoms. The fourth-order valence-corrected chi connectivity index (χ4v) is 13.3. The van der Waals surface area contributed by atoms with Gasteiger partial charge in [0.15, 0.2) is 17.1 Å². The lowest BCUT2D eigenvalue weighted by Gasteiger charge is -2.25. The van der Waals surface area contributed by atoms with Crippen LogP contribution in [-0.2, 0) is 14.4 Å². The van der Waals surface area contributed by atoms with E-state index in [1.54, 1.807) is 0 Å². The third-order valence-electron chi connectivity index (χ3n) is 19.7. The lowest BCUT2D eigenvalue weighted by Crippen LogP contribution is -2.26. The second-order valence-corrected chi connectivity index (χ2v) is 27.1. The zero-order valence-electron chi connectivity index (χ0n) is 61.5. The summed E-state index contributed by atoms with van der Waals surface area (Å²) in [5.74, 6) is 1.05. The van der Waals surface area contributed by atoms with Crippen LogP contribution >= 0.6 is 0 Å². The molecular formula is C87H105N6O9+3. The summed E-state index contributed by atoms with van der Waals surface area (Å²) in [5, 5.41) is 34.3. The van der Waals surface area contributed by atoms with E-state index in [-0.39, 0.29) is 54.4 Å². The van der Waals surface area contributed by atoms with Gasteiger partial charge in [-0.2, -0.15) is 0 Å². The molecule has 0 radical (unpaired) electrons. The van der Waals surface area contributed by atoms with Gasteiger partial charge in [-0.15, -0.1) is 0 Å². The minimum absolute atomic E-state index is 0.00221. The van der Waals surface area contributed by atoms with Crippen LogP contribution in [-0.4, -0.2) is 163 Å². The Labute approximate surface area is 604 Å². The quantitative estimate of drug-likeness (QED) is 0.0293. The third kappa shape index (κ3) is 17.8. The molecule has 10 rings (SSSR count). The molecule has 3 N–H and O–H groups in total. The van der Waals surface area contributed by atoms with Gasteiger partial charge in [-0.3, -0.25) is 14.4 Å². The zero-order valence-corrected chi connectivity index (χ0v) is 61.5. The van der Waals surface area contributed by atoms with Gasteiger partial charge in [-0.25, -0.2) is 13.7 Å². The molecule has 534 valence electrons. The van der Waals surface area contributed by atoms with Crippen LogP contribution in [0.25, 0.3) is 16.7 Å². The Morgan fingerprint density at radius 2 is 0.559 bits per heavy atom. The Balaban J connectivity index is 0.811. The Morgan fingerprint density at radius 1 is 0.324 bits per heavy atom. The van der Waals surface area contributed by atoms with Crippen molar-refractivity contribution in [3.05, 3.63) is 231 Å². The Bertz CT molecular complexity index is 3790. The van der Waals surface area contributed by atoms with Crippen LogP contribution in [0, 0.1) is 0 Å². The van der Waals surface area contributed by atoms with Gasteiger partial charge in [0, 0.05) is 131 Å². The van der Waals surface area contributed by atoms with Gasteiger partial charge in [0.2, 0.25) is 17.3 Å². The number of aliphatic hydroxyl groups excluding tert-OH is 3. The number of anilines is 3. The van der Waals surface area contributed by atoms with Crippen molar-refractivity contribution in [2.24, 2.45) is 0 Å². The molecule has 4 aromatic carbocycles. The van der Waals surface area contributed by atoms with E-state index in [1.807, 2.05) is 163 Å². The van der Waals surface area contributed by atoms with E-state index < -0.39 is 0 Å². The molecule has 15 heteroatoms. The molecule has 6 aliphatic carbocycles. The van der Waals surface area contributed by atoms with Gasteiger partial charge in [-0.1, -0.05) is 116 Å². The van der Waals surface area contributed by atoms with Crippen molar-refractivity contribution in [2.45, 2.75) is 119 Å². The smallest absolute Gasteiger partial charge is 0.201 e. The lowest BCUT2D eigenvalue weighted by molar-refractivity contribution is -0.527. The van der Waals surface area contributed by atoms with E-state index in [4.69, 9.17) is 14.2 Å². The van der Waals surface area contributed by atoms with Crippen LogP contribution in [0.2, 0.25) is 0 Å². The highest BCUT2D eigenvalue weighted by Gasteiger charge is 2.40. The van der Waals surface area contributed by atoms with E-state index in [0.29, 0.717) is 104 Å². The predicted octanol–water partition coefficient (Wildman–Crippen LogP) is 16.2. The van der Waals surface area contributed by atoms with E-state index in [1.165, 1.54) is 0 Å². The Kier molecular flexibility index (Phi) is 26.4. The maximum absolute atomic E-state index is 13.8. The number of rotatable bonds is 36. The highest BCUT2D eigenvalue weighted by atomic mass is 16.5. The lowest BCUT2D eigenvalue weighted by atomic mass is 9.80. The molecule has 0 heterocycles. The van der Waals surface area contributed by atoms with Crippen molar-refractivity contribution in [1.82, 2.24) is 0 Å². The molecule has 6 aliphatic rings. The standard InChI is InChI=1S/C87H102N6O9/c1-10-16-43-91(44-17-11-2)67-37-31-61(32-38-67)76-82(94)79(83(76)95)64-25-22-28-70(55-64)88(7)49-52-100-73-58-74(101-53-50-89(8)71-29-23-26-65(56-71)80-84(96)77(85(80)97)62-33-39-68(40-34-62)92(45-18-12-3)46-19-13-4)60-75(59-73)102-54-51-90(9)72-30-24-27-66(57-72)81-86(98)78(87(81)99)63-35-41-69(42-36-63)93(47-20-14-5)48-21-15-6/h22-42,55-60H,10-21,43-54H2,1-9H3/p+3. The van der Waals surface area contributed by atoms with Crippen LogP contribution < -0.4 is 28.9 Å². The molecule has 0 spiro atoms. The maximum atomic E-state index is 13.8. The number of Topliss-reactive ketones (excluding diaryl/α,β-unsaturated/α-hetero) is 3. The summed E-state index contributed by atoms with van der Waals surface area (Å²) in [5.41, 5.74) is 11.8. The number of aliphatic hydroxyl groups is 3. The number of allylic oxidation sites excluding steroid dienone is 21. The fraction of sp³-hybridized carbons (Fsp3) is 0.379. The number of carbonyl (C=O) groups is 3. The van der Waals surface area contributed by atoms with Gasteiger partial charge in [0.05, 0.1) is 53.1 Å². The molecule has 4 aromatic rings. The SMILES string of the molecule is CCCC[N+](CCCC)=C1C=CC(=C2C(=O)C(c3cccc(N(C)CCOc4cc(OCCN(C)c5cccc(C6=C(O)C(=C7C=CC(=[N+](CCCC)CCCC)C=C7)C6=O)c5)cc(OCCN(C)c5cccc(C6=C(O)C(=C7C=CC(=[N+](CCCC)CCCC)C=C7)C6=O)c5)c4)c3)=C2O)C=C1. The molecule has 0 saturated heterocycles. The van der Waals surface area contributed by atoms with Crippen molar-refractivity contribution >= 4 is 68.3 Å². The topological polar surface area (TPSA) is 158 Å². The minimum Gasteiger partial charge on any atom is -0.506 e. The molecule has 0 aromatic heterocycles. The minimum atomic E-state index is -0.185. The van der Waals surface area contributed by atoms with E-state index in [9.17, 15) is 29.7 Å². The summed E-state index contributed by atoms with van der Waals surface area (Å²) in [6, 6.07) is 28.4. The number of ether oxygens (including phenoxy) is 3. The number of ketones is 3. The van der Waals surface area contributed by atoms with Crippen LogP contribution in [0.4, 0.5) is 17.1 Å². The highest BCUT2D eigenvalue weighted by Crippen LogP contribution is 2.43. The van der Waals surface area contributed by atoms with Crippen molar-refractivity contribution in [3.8, 4) is 17.2 Å². The first-order chi connectivity index (χ1) is 49.6. The molecule has 0 amide bonds. The van der Waals surface area contributed by atoms with Crippen LogP contribution in [0.5, 0.6) is 17.2 Å². The normalized spacial score (nSPS) is 15.5. The average molecular weight is 1380 g/mol. The Hall–Kier alpha value is -10.0. The molecule has 0 atom stereocenters. The number of hydrogen-bond acceptors (Lipinski definition) is 12. The molecule has 0 aliphatic heterocycles. The first kappa shape index (κ1) is 74.7. The number of likely N-dealkylation sites (N-methyl/N-ethyl adjacent to an activating group) is 3. The predicted molar refractivity (Wildman–Crippen MR) is 416 cm³/mol. The van der Waals surface area contributed by atoms with Crippen LogP contribution in [0.15, 0.2) is 215 Å². The summed E-state index contributed by atoms with van der Waals surface area (Å²) in [4.78, 5) is 47.6. The number of unbranched alkanes of at least 4 members (excludes halogenated alkanes) is 6. The monoisotopic (exact) mass is 1380 g/mol. The molecular weight excluding hydrogens is 1270 g/mol. The highest BCUT2D eigenvalue weighted by molar-refractivity contribution is 6.41. The molecule has 102 heavy (non-hydrogen) atoms. The second kappa shape index (κ2) is 36.0. The van der Waals surface area contributed by atoms with Crippen LogP contribution in [0.3, 0.4) is 0 Å². The molecule has 0 saturated carbocycles. The maximum Gasteiger partial charge on any atom is 0.201 e. The molecule has 15 nitrogen and oxygen atoms in total.